The highest BCUT2D eigenvalue weighted by atomic mass is 15.2. The maximum Gasteiger partial charge on any atom is 0.00694 e. The van der Waals surface area contributed by atoms with E-state index in [1.54, 1.807) is 0 Å². The van der Waals surface area contributed by atoms with Gasteiger partial charge in [-0.15, -0.1) is 0 Å². The van der Waals surface area contributed by atoms with Crippen molar-refractivity contribution >= 4 is 0 Å². The van der Waals surface area contributed by atoms with Crippen molar-refractivity contribution in [2.75, 3.05) is 13.1 Å². The summed E-state index contributed by atoms with van der Waals surface area (Å²) >= 11 is 0. The molecule has 76 valence electrons. The third kappa shape index (κ3) is 2.70. The van der Waals surface area contributed by atoms with Gasteiger partial charge < -0.3 is 4.90 Å². The highest BCUT2D eigenvalue weighted by molar-refractivity contribution is 4.80. The summed E-state index contributed by atoms with van der Waals surface area (Å²) in [6.45, 7) is 7.53. The first-order valence-corrected chi connectivity index (χ1v) is 5.99. The largest absolute Gasteiger partial charge is 0.301 e. The monoisotopic (exact) mass is 181 g/mol. The molecule has 1 heterocycles. The van der Waals surface area contributed by atoms with Crippen molar-refractivity contribution in [3.63, 3.8) is 0 Å². The molecule has 0 aromatic rings. The first-order valence-electron chi connectivity index (χ1n) is 5.99. The Labute approximate surface area is 82.5 Å². The van der Waals surface area contributed by atoms with Gasteiger partial charge in [0.25, 0.3) is 0 Å². The van der Waals surface area contributed by atoms with E-state index in [-0.39, 0.29) is 0 Å². The molecule has 2 rings (SSSR count). The fraction of sp³-hybridized carbons (Fsp3) is 1.00. The molecule has 0 spiro atoms. The lowest BCUT2D eigenvalue weighted by Gasteiger charge is -2.36. The van der Waals surface area contributed by atoms with E-state index < -0.39 is 0 Å². The molecule has 1 nitrogen and oxygen atoms in total. The quantitative estimate of drug-likeness (QED) is 0.647. The molecule has 0 N–H and O–H groups in total. The van der Waals surface area contributed by atoms with E-state index in [0.717, 1.165) is 17.9 Å². The van der Waals surface area contributed by atoms with Crippen LogP contribution in [0.4, 0.5) is 0 Å². The topological polar surface area (TPSA) is 3.24 Å². The van der Waals surface area contributed by atoms with Gasteiger partial charge in [0.1, 0.15) is 0 Å². The van der Waals surface area contributed by atoms with Crippen LogP contribution in [0.15, 0.2) is 0 Å². The minimum Gasteiger partial charge on any atom is -0.301 e. The van der Waals surface area contributed by atoms with Crippen LogP contribution in [-0.2, 0) is 0 Å². The summed E-state index contributed by atoms with van der Waals surface area (Å²) in [7, 11) is 0. The summed E-state index contributed by atoms with van der Waals surface area (Å²) in [6, 6.07) is 0.850. The Morgan fingerprint density at radius 3 is 2.54 bits per heavy atom. The van der Waals surface area contributed by atoms with Crippen molar-refractivity contribution in [2.45, 2.75) is 52.0 Å². The van der Waals surface area contributed by atoms with Gasteiger partial charge in [-0.05, 0) is 51.1 Å². The van der Waals surface area contributed by atoms with Crippen LogP contribution in [0.25, 0.3) is 0 Å². The maximum absolute atomic E-state index is 2.71. The van der Waals surface area contributed by atoms with E-state index in [4.69, 9.17) is 0 Å². The Balaban J connectivity index is 1.71. The van der Waals surface area contributed by atoms with Crippen LogP contribution in [0.1, 0.15) is 46.0 Å². The maximum atomic E-state index is 2.71. The summed E-state index contributed by atoms with van der Waals surface area (Å²) in [4.78, 5) is 2.71. The zero-order valence-corrected chi connectivity index (χ0v) is 9.13. The Morgan fingerprint density at radius 1 is 1.15 bits per heavy atom. The molecule has 1 saturated heterocycles. The van der Waals surface area contributed by atoms with Crippen molar-refractivity contribution in [3.05, 3.63) is 0 Å². The van der Waals surface area contributed by atoms with Crippen molar-refractivity contribution < 1.29 is 0 Å². The molecule has 0 amide bonds. The van der Waals surface area contributed by atoms with E-state index in [1.807, 2.05) is 0 Å². The van der Waals surface area contributed by atoms with Gasteiger partial charge in [0.2, 0.25) is 0 Å². The predicted octanol–water partition coefficient (Wildman–Crippen LogP) is 2.91. The van der Waals surface area contributed by atoms with Gasteiger partial charge in [-0.25, -0.2) is 0 Å². The zero-order chi connectivity index (χ0) is 9.26. The molecule has 1 aliphatic carbocycles. The average Bonchev–Trinajstić information content (AvgIpc) is 2.86. The first kappa shape index (κ1) is 9.51. The molecule has 0 bridgehead atoms. The number of likely N-dealkylation sites (tertiary alicyclic amines) is 1. The fourth-order valence-electron chi connectivity index (χ4n) is 2.54. The molecule has 1 heteroatoms. The summed E-state index contributed by atoms with van der Waals surface area (Å²) in [5.41, 5.74) is 0. The Hall–Kier alpha value is -0.0400. The van der Waals surface area contributed by atoms with Gasteiger partial charge in [0, 0.05) is 6.04 Å². The molecule has 2 atom stereocenters. The van der Waals surface area contributed by atoms with Crippen LogP contribution in [0.2, 0.25) is 0 Å². The van der Waals surface area contributed by atoms with Crippen LogP contribution in [-0.4, -0.2) is 24.0 Å². The normalized spacial score (nSPS) is 36.5. The molecule has 0 aromatic heterocycles. The van der Waals surface area contributed by atoms with Crippen LogP contribution in [0.3, 0.4) is 0 Å². The standard InChI is InChI=1S/C12H23N/c1-10-5-7-13(11(2)9-10)8-6-12-3-4-12/h10-12H,3-9H2,1-2H3/t10-,11-/m0/s1. The summed E-state index contributed by atoms with van der Waals surface area (Å²) in [5.74, 6) is 2.07. The van der Waals surface area contributed by atoms with Crippen LogP contribution >= 0.6 is 0 Å². The van der Waals surface area contributed by atoms with E-state index >= 15 is 0 Å². The molecule has 1 saturated carbocycles. The van der Waals surface area contributed by atoms with Crippen LogP contribution in [0, 0.1) is 11.8 Å². The molecule has 0 unspecified atom stereocenters. The van der Waals surface area contributed by atoms with E-state index in [1.165, 1.54) is 45.2 Å². The molecule has 0 aromatic carbocycles. The molecule has 13 heavy (non-hydrogen) atoms. The third-order valence-electron chi connectivity index (χ3n) is 3.80. The molecule has 2 fully saturated rings. The molecule has 2 aliphatic rings. The van der Waals surface area contributed by atoms with Gasteiger partial charge in [0.15, 0.2) is 0 Å². The highest BCUT2D eigenvalue weighted by Crippen LogP contribution is 2.33. The van der Waals surface area contributed by atoms with Gasteiger partial charge in [-0.2, -0.15) is 0 Å². The average molecular weight is 181 g/mol. The highest BCUT2D eigenvalue weighted by Gasteiger charge is 2.26. The molecule has 0 radical (unpaired) electrons. The van der Waals surface area contributed by atoms with E-state index in [2.05, 4.69) is 18.7 Å². The van der Waals surface area contributed by atoms with Gasteiger partial charge in [0.05, 0.1) is 0 Å². The van der Waals surface area contributed by atoms with Crippen molar-refractivity contribution in [1.82, 2.24) is 4.90 Å². The van der Waals surface area contributed by atoms with Gasteiger partial charge in [-0.1, -0.05) is 19.8 Å². The van der Waals surface area contributed by atoms with Crippen molar-refractivity contribution in [3.8, 4) is 0 Å². The van der Waals surface area contributed by atoms with Crippen molar-refractivity contribution in [1.29, 1.82) is 0 Å². The van der Waals surface area contributed by atoms with Gasteiger partial charge in [-0.3, -0.25) is 0 Å². The molecular formula is C12H23N. The first-order chi connectivity index (χ1) is 6.25. The lowest BCUT2D eigenvalue weighted by molar-refractivity contribution is 0.126. The number of hydrogen-bond acceptors (Lipinski definition) is 1. The zero-order valence-electron chi connectivity index (χ0n) is 9.13. The smallest absolute Gasteiger partial charge is 0.00694 e. The molecular weight excluding hydrogens is 158 g/mol. The summed E-state index contributed by atoms with van der Waals surface area (Å²) < 4.78 is 0. The van der Waals surface area contributed by atoms with Crippen molar-refractivity contribution in [2.24, 2.45) is 11.8 Å². The SMILES string of the molecule is C[C@H]1CCN(CCC2CC2)[C@@H](C)C1. The Kier molecular flexibility index (Phi) is 2.92. The minimum atomic E-state index is 0.850. The number of hydrogen-bond donors (Lipinski definition) is 0. The second kappa shape index (κ2) is 4.00. The minimum absolute atomic E-state index is 0.850. The van der Waals surface area contributed by atoms with Crippen LogP contribution in [0.5, 0.6) is 0 Å². The second-order valence-corrected chi connectivity index (χ2v) is 5.25. The predicted molar refractivity (Wildman–Crippen MR) is 56.8 cm³/mol. The number of rotatable bonds is 3. The number of piperidine rings is 1. The number of nitrogens with zero attached hydrogens (tertiary/aromatic N) is 1. The summed E-state index contributed by atoms with van der Waals surface area (Å²) in [5, 5.41) is 0. The second-order valence-electron chi connectivity index (χ2n) is 5.25. The Morgan fingerprint density at radius 2 is 1.92 bits per heavy atom. The lowest BCUT2D eigenvalue weighted by Crippen LogP contribution is -2.40. The van der Waals surface area contributed by atoms with Gasteiger partial charge >= 0.3 is 0 Å². The fourth-order valence-corrected chi connectivity index (χ4v) is 2.54. The van der Waals surface area contributed by atoms with E-state index in [0.29, 0.717) is 0 Å². The summed E-state index contributed by atoms with van der Waals surface area (Å²) in [6.07, 6.45) is 7.34. The Bertz CT molecular complexity index is 163. The third-order valence-corrected chi connectivity index (χ3v) is 3.80. The van der Waals surface area contributed by atoms with E-state index in [9.17, 15) is 0 Å². The lowest BCUT2D eigenvalue weighted by atomic mass is 9.93. The van der Waals surface area contributed by atoms with Crippen LogP contribution < -0.4 is 0 Å². The molecule has 1 aliphatic heterocycles.